The molecule has 0 atom stereocenters. The highest BCUT2D eigenvalue weighted by Crippen LogP contribution is 2.46. The number of carbonyl (C=O) groups excluding carboxylic acids is 1. The minimum atomic E-state index is -0.549. The SMILES string of the molecule is O=C(N(CC=Cc1ccc(Cl)cc1)Cc1ccnc(F)c1)N1CC2(CCNCC2)c2ccccc21. The van der Waals surface area contributed by atoms with Gasteiger partial charge in [-0.1, -0.05) is 54.1 Å². The van der Waals surface area contributed by atoms with Gasteiger partial charge in [-0.3, -0.25) is 4.90 Å². The molecule has 2 aliphatic heterocycles. The van der Waals surface area contributed by atoms with Crippen LogP contribution < -0.4 is 10.2 Å². The number of hydrogen-bond donors (Lipinski definition) is 1. The Balaban J connectivity index is 1.42. The van der Waals surface area contributed by atoms with Gasteiger partial charge in [-0.25, -0.2) is 9.78 Å². The van der Waals surface area contributed by atoms with E-state index in [0.717, 1.165) is 37.2 Å². The highest BCUT2D eigenvalue weighted by molar-refractivity contribution is 6.30. The zero-order chi connectivity index (χ0) is 24.3. The van der Waals surface area contributed by atoms with Crippen LogP contribution in [0.3, 0.4) is 0 Å². The van der Waals surface area contributed by atoms with Crippen molar-refractivity contribution in [1.82, 2.24) is 15.2 Å². The number of halogens is 2. The first-order valence-corrected chi connectivity index (χ1v) is 12.3. The number of amides is 2. The van der Waals surface area contributed by atoms with Gasteiger partial charge in [-0.15, -0.1) is 0 Å². The summed E-state index contributed by atoms with van der Waals surface area (Å²) in [5, 5.41) is 4.12. The third kappa shape index (κ3) is 5.09. The lowest BCUT2D eigenvalue weighted by Crippen LogP contribution is -2.47. The molecule has 2 amide bonds. The molecule has 0 bridgehead atoms. The van der Waals surface area contributed by atoms with Gasteiger partial charge in [-0.2, -0.15) is 4.39 Å². The summed E-state index contributed by atoms with van der Waals surface area (Å²) in [6.07, 6.45) is 7.36. The van der Waals surface area contributed by atoms with Gasteiger partial charge in [0.15, 0.2) is 0 Å². The summed E-state index contributed by atoms with van der Waals surface area (Å²) in [7, 11) is 0. The van der Waals surface area contributed by atoms with Crippen LogP contribution in [0.25, 0.3) is 6.08 Å². The van der Waals surface area contributed by atoms with Crippen LogP contribution in [0.2, 0.25) is 5.02 Å². The number of piperidine rings is 1. The molecule has 0 aliphatic carbocycles. The average Bonchev–Trinajstić information content (AvgIpc) is 3.18. The Bertz CT molecular complexity index is 1220. The topological polar surface area (TPSA) is 48.5 Å². The van der Waals surface area contributed by atoms with Gasteiger partial charge in [0.1, 0.15) is 0 Å². The van der Waals surface area contributed by atoms with Crippen molar-refractivity contribution in [2.75, 3.05) is 31.1 Å². The van der Waals surface area contributed by atoms with Crippen LogP contribution in [0, 0.1) is 5.95 Å². The standard InChI is InChI=1S/C28H28ClFN4O/c29-23-9-7-21(8-10-23)4-3-17-33(19-22-11-14-32-26(30)18-22)27(35)34-20-28(12-15-31-16-13-28)24-5-1-2-6-25(24)34/h1-11,14,18,31H,12-13,15-17,19-20H2. The van der Waals surface area contributed by atoms with Gasteiger partial charge in [-0.05, 0) is 73.0 Å². The Kier molecular flexibility index (Phi) is 6.84. The number of para-hydroxylation sites is 1. The summed E-state index contributed by atoms with van der Waals surface area (Å²) < 4.78 is 13.8. The molecule has 1 fully saturated rings. The number of urea groups is 1. The number of anilines is 1. The number of benzene rings is 2. The molecule has 0 radical (unpaired) electrons. The molecule has 1 aromatic heterocycles. The van der Waals surface area contributed by atoms with Crippen LogP contribution >= 0.6 is 11.6 Å². The van der Waals surface area contributed by atoms with E-state index in [-0.39, 0.29) is 18.0 Å². The molecule has 2 aromatic carbocycles. The quantitative estimate of drug-likeness (QED) is 0.470. The van der Waals surface area contributed by atoms with Crippen LogP contribution in [-0.2, 0) is 12.0 Å². The number of aromatic nitrogens is 1. The van der Waals surface area contributed by atoms with Crippen molar-refractivity contribution in [3.05, 3.63) is 101 Å². The van der Waals surface area contributed by atoms with E-state index in [1.165, 1.54) is 17.8 Å². The lowest BCUT2D eigenvalue weighted by Gasteiger charge is -2.35. The maximum atomic E-state index is 14.0. The summed E-state index contributed by atoms with van der Waals surface area (Å²) in [5.74, 6) is -0.549. The molecular weight excluding hydrogens is 463 g/mol. The molecule has 5 nitrogen and oxygen atoms in total. The molecule has 2 aliphatic rings. The third-order valence-electron chi connectivity index (χ3n) is 6.96. The molecular formula is C28H28ClFN4O. The summed E-state index contributed by atoms with van der Waals surface area (Å²) in [4.78, 5) is 21.3. The number of fused-ring (bicyclic) bond motifs is 2. The lowest BCUT2D eigenvalue weighted by molar-refractivity contribution is 0.205. The summed E-state index contributed by atoms with van der Waals surface area (Å²) in [5.41, 5.74) is 3.91. The van der Waals surface area contributed by atoms with E-state index in [1.54, 1.807) is 11.0 Å². The van der Waals surface area contributed by atoms with Crippen molar-refractivity contribution in [1.29, 1.82) is 0 Å². The minimum Gasteiger partial charge on any atom is -0.317 e. The van der Waals surface area contributed by atoms with E-state index in [0.29, 0.717) is 23.7 Å². The summed E-state index contributed by atoms with van der Waals surface area (Å²) in [6.45, 7) is 3.23. The van der Waals surface area contributed by atoms with Crippen molar-refractivity contribution in [3.8, 4) is 0 Å². The molecule has 35 heavy (non-hydrogen) atoms. The average molecular weight is 491 g/mol. The molecule has 1 N–H and O–H groups in total. The van der Waals surface area contributed by atoms with Gasteiger partial charge in [0.25, 0.3) is 0 Å². The zero-order valence-electron chi connectivity index (χ0n) is 19.5. The molecule has 1 spiro atoms. The van der Waals surface area contributed by atoms with Crippen molar-refractivity contribution < 1.29 is 9.18 Å². The highest BCUT2D eigenvalue weighted by Gasteiger charge is 2.45. The van der Waals surface area contributed by atoms with E-state index < -0.39 is 5.95 Å². The van der Waals surface area contributed by atoms with Crippen molar-refractivity contribution in [2.45, 2.75) is 24.8 Å². The number of hydrogen-bond acceptors (Lipinski definition) is 3. The van der Waals surface area contributed by atoms with Gasteiger partial charge >= 0.3 is 6.03 Å². The number of rotatable bonds is 5. The van der Waals surface area contributed by atoms with Crippen LogP contribution in [-0.4, -0.2) is 42.1 Å². The largest absolute Gasteiger partial charge is 0.325 e. The lowest BCUT2D eigenvalue weighted by atomic mass is 9.75. The van der Waals surface area contributed by atoms with Crippen LogP contribution in [0.4, 0.5) is 14.9 Å². The van der Waals surface area contributed by atoms with Crippen LogP contribution in [0.5, 0.6) is 0 Å². The molecule has 3 aromatic rings. The molecule has 3 heterocycles. The number of nitrogens with zero attached hydrogens (tertiary/aromatic N) is 3. The van der Waals surface area contributed by atoms with Gasteiger partial charge < -0.3 is 10.2 Å². The van der Waals surface area contributed by atoms with Crippen molar-refractivity contribution in [3.63, 3.8) is 0 Å². The maximum absolute atomic E-state index is 14.0. The molecule has 180 valence electrons. The van der Waals surface area contributed by atoms with Crippen LogP contribution in [0.1, 0.15) is 29.5 Å². The van der Waals surface area contributed by atoms with Gasteiger partial charge in [0.2, 0.25) is 5.95 Å². The van der Waals surface area contributed by atoms with E-state index in [2.05, 4.69) is 22.4 Å². The second-order valence-electron chi connectivity index (χ2n) is 9.24. The second-order valence-corrected chi connectivity index (χ2v) is 9.67. The first-order valence-electron chi connectivity index (χ1n) is 11.9. The molecule has 0 saturated carbocycles. The molecule has 1 saturated heterocycles. The van der Waals surface area contributed by atoms with Gasteiger partial charge in [0.05, 0.1) is 0 Å². The van der Waals surface area contributed by atoms with E-state index in [1.807, 2.05) is 53.5 Å². The summed E-state index contributed by atoms with van der Waals surface area (Å²) in [6, 6.07) is 18.8. The second kappa shape index (κ2) is 10.2. The normalized spacial score (nSPS) is 16.6. The number of pyridine rings is 1. The first-order chi connectivity index (χ1) is 17.0. The Hall–Kier alpha value is -3.22. The fourth-order valence-corrected chi connectivity index (χ4v) is 5.29. The smallest absolute Gasteiger partial charge is 0.317 e. The van der Waals surface area contributed by atoms with Crippen molar-refractivity contribution in [2.24, 2.45) is 0 Å². The van der Waals surface area contributed by atoms with Crippen molar-refractivity contribution >= 4 is 29.4 Å². The number of nitrogens with one attached hydrogen (secondary N) is 1. The fourth-order valence-electron chi connectivity index (χ4n) is 5.17. The molecule has 0 unspecified atom stereocenters. The van der Waals surface area contributed by atoms with E-state index >= 15 is 0 Å². The monoisotopic (exact) mass is 490 g/mol. The maximum Gasteiger partial charge on any atom is 0.325 e. The Morgan fingerprint density at radius 3 is 2.69 bits per heavy atom. The summed E-state index contributed by atoms with van der Waals surface area (Å²) >= 11 is 5.99. The van der Waals surface area contributed by atoms with E-state index in [9.17, 15) is 9.18 Å². The third-order valence-corrected chi connectivity index (χ3v) is 7.21. The van der Waals surface area contributed by atoms with Gasteiger partial charge in [0, 0.05) is 42.0 Å². The predicted octanol–water partition coefficient (Wildman–Crippen LogP) is 5.65. The minimum absolute atomic E-state index is 0.0227. The Labute approximate surface area is 210 Å². The Morgan fingerprint density at radius 1 is 1.14 bits per heavy atom. The molecule has 5 rings (SSSR count). The highest BCUT2D eigenvalue weighted by atomic mass is 35.5. The van der Waals surface area contributed by atoms with E-state index in [4.69, 9.17) is 11.6 Å². The zero-order valence-corrected chi connectivity index (χ0v) is 20.2. The molecule has 7 heteroatoms. The fraction of sp³-hybridized carbons (Fsp3) is 0.286. The first kappa shape index (κ1) is 23.5. The number of carbonyl (C=O) groups is 1. The predicted molar refractivity (Wildman–Crippen MR) is 138 cm³/mol. The van der Waals surface area contributed by atoms with Crippen LogP contribution in [0.15, 0.2) is 72.9 Å². The Morgan fingerprint density at radius 2 is 1.91 bits per heavy atom.